The summed E-state index contributed by atoms with van der Waals surface area (Å²) in [5, 5.41) is 8.89. The van der Waals surface area contributed by atoms with Gasteiger partial charge in [0, 0.05) is 20.3 Å². The van der Waals surface area contributed by atoms with Gasteiger partial charge in [0.1, 0.15) is 0 Å². The highest BCUT2D eigenvalue weighted by atomic mass is 16.5. The van der Waals surface area contributed by atoms with Gasteiger partial charge in [-0.15, -0.1) is 0 Å². The Morgan fingerprint density at radius 2 is 1.94 bits per heavy atom. The van der Waals surface area contributed by atoms with Gasteiger partial charge in [0.15, 0.2) is 0 Å². The first-order valence-electron chi connectivity index (χ1n) is 6.03. The van der Waals surface area contributed by atoms with Crippen LogP contribution in [0.4, 0.5) is 0 Å². The van der Waals surface area contributed by atoms with Crippen LogP contribution >= 0.6 is 0 Å². The maximum atomic E-state index is 10.8. The highest BCUT2D eigenvalue weighted by Gasteiger charge is 2.12. The molecule has 1 rings (SSSR count). The predicted molar refractivity (Wildman–Crippen MR) is 68.6 cm³/mol. The molecule has 1 unspecified atom stereocenters. The minimum atomic E-state index is -0.807. The number of carboxylic acids is 1. The Morgan fingerprint density at radius 3 is 2.50 bits per heavy atom. The molecule has 1 aromatic rings. The molecule has 0 saturated heterocycles. The number of carboxylic acid groups (broad SMARTS) is 1. The second-order valence-corrected chi connectivity index (χ2v) is 4.20. The number of rotatable bonds is 8. The molecule has 0 aliphatic carbocycles. The summed E-state index contributed by atoms with van der Waals surface area (Å²) in [5.41, 5.74) is 1.86. The molecule has 0 aliphatic rings. The van der Waals surface area contributed by atoms with E-state index in [4.69, 9.17) is 14.6 Å². The number of carbonyl (C=O) groups is 1. The third-order valence-corrected chi connectivity index (χ3v) is 2.76. The topological polar surface area (TPSA) is 55.8 Å². The highest BCUT2D eigenvalue weighted by molar-refractivity contribution is 5.75. The van der Waals surface area contributed by atoms with Crippen molar-refractivity contribution in [1.82, 2.24) is 0 Å². The lowest BCUT2D eigenvalue weighted by Gasteiger charge is -2.08. The van der Waals surface area contributed by atoms with E-state index in [0.717, 1.165) is 17.5 Å². The van der Waals surface area contributed by atoms with Crippen molar-refractivity contribution in [3.05, 3.63) is 35.4 Å². The van der Waals surface area contributed by atoms with E-state index in [1.807, 2.05) is 24.3 Å². The molecule has 1 atom stereocenters. The molecule has 100 valence electrons. The zero-order valence-corrected chi connectivity index (χ0v) is 10.9. The largest absolute Gasteiger partial charge is 0.481 e. The predicted octanol–water partition coefficient (Wildman–Crippen LogP) is 2.43. The quantitative estimate of drug-likeness (QED) is 0.722. The van der Waals surface area contributed by atoms with E-state index in [1.54, 1.807) is 14.0 Å². The lowest BCUT2D eigenvalue weighted by Crippen LogP contribution is -2.07. The summed E-state index contributed by atoms with van der Waals surface area (Å²) >= 11 is 0. The minimum Gasteiger partial charge on any atom is -0.481 e. The van der Waals surface area contributed by atoms with Gasteiger partial charge >= 0.3 is 5.97 Å². The molecule has 0 bridgehead atoms. The molecule has 0 aromatic heterocycles. The SMILES string of the molecule is COCCCOCc1ccc(C(C)C(=O)O)cc1. The van der Waals surface area contributed by atoms with Gasteiger partial charge in [0.2, 0.25) is 0 Å². The van der Waals surface area contributed by atoms with E-state index in [0.29, 0.717) is 19.8 Å². The summed E-state index contributed by atoms with van der Waals surface area (Å²) < 4.78 is 10.4. The number of hydrogen-bond acceptors (Lipinski definition) is 3. The van der Waals surface area contributed by atoms with Gasteiger partial charge in [0.05, 0.1) is 12.5 Å². The fourth-order valence-corrected chi connectivity index (χ4v) is 1.54. The summed E-state index contributed by atoms with van der Waals surface area (Å²) in [5.74, 6) is -1.28. The van der Waals surface area contributed by atoms with E-state index in [1.165, 1.54) is 0 Å². The Labute approximate surface area is 108 Å². The summed E-state index contributed by atoms with van der Waals surface area (Å²) in [6.45, 7) is 3.60. The van der Waals surface area contributed by atoms with Gasteiger partial charge in [-0.05, 0) is 24.5 Å². The van der Waals surface area contributed by atoms with Crippen LogP contribution in [0.2, 0.25) is 0 Å². The molecule has 0 heterocycles. The molecule has 4 nitrogen and oxygen atoms in total. The Kier molecular flexibility index (Phi) is 6.39. The third kappa shape index (κ3) is 4.85. The third-order valence-electron chi connectivity index (χ3n) is 2.76. The number of methoxy groups -OCH3 is 1. The summed E-state index contributed by atoms with van der Waals surface area (Å²) in [4.78, 5) is 10.8. The van der Waals surface area contributed by atoms with Crippen LogP contribution in [0.5, 0.6) is 0 Å². The molecular formula is C14H20O4. The fourth-order valence-electron chi connectivity index (χ4n) is 1.54. The van der Waals surface area contributed by atoms with Crippen molar-refractivity contribution in [1.29, 1.82) is 0 Å². The second kappa shape index (κ2) is 7.84. The number of benzene rings is 1. The van der Waals surface area contributed by atoms with Crippen molar-refractivity contribution in [3.8, 4) is 0 Å². The van der Waals surface area contributed by atoms with Gasteiger partial charge in [-0.3, -0.25) is 4.79 Å². The smallest absolute Gasteiger partial charge is 0.310 e. The van der Waals surface area contributed by atoms with Crippen molar-refractivity contribution in [3.63, 3.8) is 0 Å². The summed E-state index contributed by atoms with van der Waals surface area (Å²) in [7, 11) is 1.67. The average Bonchev–Trinajstić information content (AvgIpc) is 2.38. The van der Waals surface area contributed by atoms with Gasteiger partial charge in [-0.1, -0.05) is 24.3 Å². The first-order chi connectivity index (χ1) is 8.65. The van der Waals surface area contributed by atoms with E-state index in [2.05, 4.69) is 0 Å². The van der Waals surface area contributed by atoms with Crippen molar-refractivity contribution >= 4 is 5.97 Å². The minimum absolute atomic E-state index is 0.471. The van der Waals surface area contributed by atoms with Crippen LogP contribution in [0.1, 0.15) is 30.4 Å². The molecule has 0 fully saturated rings. The van der Waals surface area contributed by atoms with E-state index < -0.39 is 11.9 Å². The monoisotopic (exact) mass is 252 g/mol. The highest BCUT2D eigenvalue weighted by Crippen LogP contribution is 2.16. The van der Waals surface area contributed by atoms with Crippen molar-refractivity contribution in [2.45, 2.75) is 25.9 Å². The maximum Gasteiger partial charge on any atom is 0.310 e. The Balaban J connectivity index is 2.38. The molecule has 0 aliphatic heterocycles. The van der Waals surface area contributed by atoms with Crippen LogP contribution in [-0.4, -0.2) is 31.4 Å². The summed E-state index contributed by atoms with van der Waals surface area (Å²) in [6, 6.07) is 7.50. The van der Waals surface area contributed by atoms with Crippen LogP contribution in [0.3, 0.4) is 0 Å². The van der Waals surface area contributed by atoms with E-state index in [-0.39, 0.29) is 0 Å². The van der Waals surface area contributed by atoms with Crippen molar-refractivity contribution in [2.75, 3.05) is 20.3 Å². The zero-order valence-electron chi connectivity index (χ0n) is 10.9. The van der Waals surface area contributed by atoms with Gasteiger partial charge < -0.3 is 14.6 Å². The second-order valence-electron chi connectivity index (χ2n) is 4.20. The molecule has 0 spiro atoms. The van der Waals surface area contributed by atoms with E-state index in [9.17, 15) is 4.79 Å². The standard InChI is InChI=1S/C14H20O4/c1-11(14(15)16)13-6-4-12(5-7-13)10-18-9-3-8-17-2/h4-7,11H,3,8-10H2,1-2H3,(H,15,16). The number of ether oxygens (including phenoxy) is 2. The Hall–Kier alpha value is -1.39. The van der Waals surface area contributed by atoms with E-state index >= 15 is 0 Å². The fraction of sp³-hybridized carbons (Fsp3) is 0.500. The lowest BCUT2D eigenvalue weighted by atomic mass is 10.0. The first kappa shape index (κ1) is 14.7. The van der Waals surface area contributed by atoms with Crippen LogP contribution in [-0.2, 0) is 20.9 Å². The zero-order chi connectivity index (χ0) is 13.4. The Morgan fingerprint density at radius 1 is 1.28 bits per heavy atom. The molecule has 0 amide bonds. The van der Waals surface area contributed by atoms with Gasteiger partial charge in [0.25, 0.3) is 0 Å². The van der Waals surface area contributed by atoms with Crippen LogP contribution in [0.25, 0.3) is 0 Å². The summed E-state index contributed by atoms with van der Waals surface area (Å²) in [6.07, 6.45) is 0.880. The van der Waals surface area contributed by atoms with Crippen LogP contribution in [0, 0.1) is 0 Å². The van der Waals surface area contributed by atoms with Gasteiger partial charge in [-0.25, -0.2) is 0 Å². The molecule has 18 heavy (non-hydrogen) atoms. The molecule has 4 heteroatoms. The molecule has 0 saturated carbocycles. The van der Waals surface area contributed by atoms with Gasteiger partial charge in [-0.2, -0.15) is 0 Å². The maximum absolute atomic E-state index is 10.8. The normalized spacial score (nSPS) is 12.3. The lowest BCUT2D eigenvalue weighted by molar-refractivity contribution is -0.138. The molecular weight excluding hydrogens is 232 g/mol. The van der Waals surface area contributed by atoms with Crippen LogP contribution in [0.15, 0.2) is 24.3 Å². The number of aliphatic carboxylic acids is 1. The van der Waals surface area contributed by atoms with Crippen molar-refractivity contribution < 1.29 is 19.4 Å². The molecule has 1 N–H and O–H groups in total. The molecule has 1 aromatic carbocycles. The molecule has 0 radical (unpaired) electrons. The Bertz CT molecular complexity index is 359. The van der Waals surface area contributed by atoms with Crippen LogP contribution < -0.4 is 0 Å². The van der Waals surface area contributed by atoms with Crippen molar-refractivity contribution in [2.24, 2.45) is 0 Å². The first-order valence-corrected chi connectivity index (χ1v) is 6.03. The average molecular weight is 252 g/mol. The number of hydrogen-bond donors (Lipinski definition) is 1.